The third-order valence-corrected chi connectivity index (χ3v) is 2.52. The van der Waals surface area contributed by atoms with Crippen molar-refractivity contribution < 1.29 is 14.3 Å². The van der Waals surface area contributed by atoms with Crippen LogP contribution in [0.1, 0.15) is 32.1 Å². The highest BCUT2D eigenvalue weighted by atomic mass is 16.5. The van der Waals surface area contributed by atoms with Crippen molar-refractivity contribution in [2.24, 2.45) is 0 Å². The van der Waals surface area contributed by atoms with Gasteiger partial charge in [0.05, 0.1) is 7.11 Å². The topological polar surface area (TPSA) is 55.4 Å². The van der Waals surface area contributed by atoms with Crippen LogP contribution in [0.3, 0.4) is 0 Å². The molecule has 0 bridgehead atoms. The van der Waals surface area contributed by atoms with Gasteiger partial charge in [0, 0.05) is 18.2 Å². The van der Waals surface area contributed by atoms with E-state index in [1.165, 1.54) is 32.4 Å². The zero-order valence-corrected chi connectivity index (χ0v) is 8.99. The summed E-state index contributed by atoms with van der Waals surface area (Å²) in [6, 6.07) is 0.272. The second-order valence-electron chi connectivity index (χ2n) is 3.70. The van der Waals surface area contributed by atoms with Gasteiger partial charge in [-0.05, 0) is 12.8 Å². The quantitative estimate of drug-likeness (QED) is 0.563. The van der Waals surface area contributed by atoms with Gasteiger partial charge in [-0.15, -0.1) is 0 Å². The first kappa shape index (κ1) is 11.8. The predicted octanol–water partition coefficient (Wildman–Crippen LogP) is 1.16. The average Bonchev–Trinajstić information content (AvgIpc) is 2.27. The third-order valence-electron chi connectivity index (χ3n) is 2.52. The second kappa shape index (κ2) is 6.22. The van der Waals surface area contributed by atoms with Gasteiger partial charge in [-0.25, -0.2) is 4.79 Å². The molecular weight excluding hydrogens is 194 g/mol. The van der Waals surface area contributed by atoms with E-state index in [0.717, 1.165) is 18.9 Å². The molecule has 1 rings (SSSR count). The fourth-order valence-electron chi connectivity index (χ4n) is 1.71. The molecule has 1 amide bonds. The van der Waals surface area contributed by atoms with Gasteiger partial charge in [0.15, 0.2) is 0 Å². The van der Waals surface area contributed by atoms with Crippen LogP contribution in [0.4, 0.5) is 0 Å². The second-order valence-corrected chi connectivity index (χ2v) is 3.70. The number of ether oxygens (including phenoxy) is 1. The number of nitrogens with one attached hydrogen (secondary N) is 1. The first-order chi connectivity index (χ1) is 7.22. The molecule has 84 valence electrons. The number of methoxy groups -OCH3 is 1. The summed E-state index contributed by atoms with van der Waals surface area (Å²) in [7, 11) is 1.28. The van der Waals surface area contributed by atoms with Gasteiger partial charge < -0.3 is 10.1 Å². The minimum atomic E-state index is -0.506. The van der Waals surface area contributed by atoms with E-state index in [-0.39, 0.29) is 11.9 Å². The van der Waals surface area contributed by atoms with E-state index in [1.807, 2.05) is 0 Å². The summed E-state index contributed by atoms with van der Waals surface area (Å²) in [5, 5.41) is 2.86. The molecule has 1 aliphatic rings. The van der Waals surface area contributed by atoms with Crippen LogP contribution >= 0.6 is 0 Å². The fraction of sp³-hybridized carbons (Fsp3) is 0.636. The molecule has 0 saturated heterocycles. The predicted molar refractivity (Wildman–Crippen MR) is 56.2 cm³/mol. The van der Waals surface area contributed by atoms with Crippen LogP contribution in [0.5, 0.6) is 0 Å². The number of carbonyl (C=O) groups excluding carboxylic acids is 2. The highest BCUT2D eigenvalue weighted by Crippen LogP contribution is 2.17. The Balaban J connectivity index is 2.28. The molecule has 1 saturated carbocycles. The molecule has 4 heteroatoms. The van der Waals surface area contributed by atoms with E-state index >= 15 is 0 Å². The number of hydrogen-bond acceptors (Lipinski definition) is 3. The molecule has 0 aliphatic heterocycles. The maximum absolute atomic E-state index is 11.3. The lowest BCUT2D eigenvalue weighted by molar-refractivity contribution is -0.135. The Morgan fingerprint density at radius 2 is 1.87 bits per heavy atom. The van der Waals surface area contributed by atoms with Crippen LogP contribution in [0, 0.1) is 0 Å². The average molecular weight is 211 g/mol. The summed E-state index contributed by atoms with van der Waals surface area (Å²) in [4.78, 5) is 22.0. The van der Waals surface area contributed by atoms with Crippen LogP contribution in [-0.4, -0.2) is 25.0 Å². The van der Waals surface area contributed by atoms with Gasteiger partial charge in [-0.3, -0.25) is 4.79 Å². The number of esters is 1. The lowest BCUT2D eigenvalue weighted by Gasteiger charge is -2.21. The summed E-state index contributed by atoms with van der Waals surface area (Å²) in [6.07, 6.45) is 8.04. The summed E-state index contributed by atoms with van der Waals surface area (Å²) in [5.41, 5.74) is 0. The molecule has 0 radical (unpaired) electrons. The maximum atomic E-state index is 11.3. The van der Waals surface area contributed by atoms with Crippen molar-refractivity contribution in [3.8, 4) is 0 Å². The standard InChI is InChI=1S/C11H17NO3/c1-15-11(14)8-7-10(13)12-9-5-3-2-4-6-9/h7-9H,2-6H2,1H3,(H,12,13). The first-order valence-electron chi connectivity index (χ1n) is 5.29. The molecule has 1 fully saturated rings. The van der Waals surface area contributed by atoms with Crippen molar-refractivity contribution in [1.29, 1.82) is 0 Å². The number of carbonyl (C=O) groups is 2. The molecule has 0 atom stereocenters. The molecule has 0 aromatic rings. The summed E-state index contributed by atoms with van der Waals surface area (Å²) in [5.74, 6) is -0.721. The molecular formula is C11H17NO3. The van der Waals surface area contributed by atoms with Crippen LogP contribution in [-0.2, 0) is 14.3 Å². The molecule has 1 N–H and O–H groups in total. The van der Waals surface area contributed by atoms with Gasteiger partial charge in [0.1, 0.15) is 0 Å². The largest absolute Gasteiger partial charge is 0.466 e. The minimum Gasteiger partial charge on any atom is -0.466 e. The van der Waals surface area contributed by atoms with Crippen molar-refractivity contribution in [2.45, 2.75) is 38.1 Å². The van der Waals surface area contributed by atoms with Crippen LogP contribution in [0.15, 0.2) is 12.2 Å². The highest BCUT2D eigenvalue weighted by molar-refractivity contribution is 5.94. The van der Waals surface area contributed by atoms with Gasteiger partial charge in [0.25, 0.3) is 0 Å². The van der Waals surface area contributed by atoms with E-state index in [4.69, 9.17) is 0 Å². The number of amides is 1. The van der Waals surface area contributed by atoms with Gasteiger partial charge in [-0.1, -0.05) is 19.3 Å². The third kappa shape index (κ3) is 4.63. The van der Waals surface area contributed by atoms with E-state index in [2.05, 4.69) is 10.1 Å². The van der Waals surface area contributed by atoms with E-state index < -0.39 is 5.97 Å². The zero-order chi connectivity index (χ0) is 11.1. The zero-order valence-electron chi connectivity index (χ0n) is 8.99. The van der Waals surface area contributed by atoms with Crippen LogP contribution in [0.25, 0.3) is 0 Å². The summed E-state index contributed by atoms with van der Waals surface area (Å²) >= 11 is 0. The SMILES string of the molecule is COC(=O)C=CC(=O)NC1CCCCC1. The Bertz CT molecular complexity index is 255. The smallest absolute Gasteiger partial charge is 0.330 e. The van der Waals surface area contributed by atoms with Crippen molar-refractivity contribution in [2.75, 3.05) is 7.11 Å². The molecule has 4 nitrogen and oxygen atoms in total. The maximum Gasteiger partial charge on any atom is 0.330 e. The summed E-state index contributed by atoms with van der Waals surface area (Å²) in [6.45, 7) is 0. The highest BCUT2D eigenvalue weighted by Gasteiger charge is 2.14. The minimum absolute atomic E-state index is 0.215. The Kier molecular flexibility index (Phi) is 4.87. The van der Waals surface area contributed by atoms with Crippen LogP contribution in [0.2, 0.25) is 0 Å². The fourth-order valence-corrected chi connectivity index (χ4v) is 1.71. The lowest BCUT2D eigenvalue weighted by atomic mass is 9.95. The molecule has 1 aliphatic carbocycles. The molecule has 0 unspecified atom stereocenters. The molecule has 15 heavy (non-hydrogen) atoms. The Morgan fingerprint density at radius 3 is 2.47 bits per heavy atom. The normalized spacial score (nSPS) is 17.7. The Morgan fingerprint density at radius 1 is 1.20 bits per heavy atom. The molecule has 0 aromatic carbocycles. The first-order valence-corrected chi connectivity index (χ1v) is 5.29. The molecule has 0 spiro atoms. The van der Waals surface area contributed by atoms with E-state index in [9.17, 15) is 9.59 Å². The van der Waals surface area contributed by atoms with E-state index in [0.29, 0.717) is 0 Å². The molecule has 0 aromatic heterocycles. The van der Waals surface area contributed by atoms with Gasteiger partial charge in [-0.2, -0.15) is 0 Å². The van der Waals surface area contributed by atoms with Crippen LogP contribution < -0.4 is 5.32 Å². The van der Waals surface area contributed by atoms with Crippen molar-refractivity contribution in [3.63, 3.8) is 0 Å². The number of rotatable bonds is 3. The van der Waals surface area contributed by atoms with E-state index in [1.54, 1.807) is 0 Å². The summed E-state index contributed by atoms with van der Waals surface area (Å²) < 4.78 is 4.38. The van der Waals surface area contributed by atoms with Crippen molar-refractivity contribution in [1.82, 2.24) is 5.32 Å². The van der Waals surface area contributed by atoms with Gasteiger partial charge >= 0.3 is 5.97 Å². The lowest BCUT2D eigenvalue weighted by Crippen LogP contribution is -2.35. The van der Waals surface area contributed by atoms with Crippen molar-refractivity contribution in [3.05, 3.63) is 12.2 Å². The Labute approximate surface area is 89.7 Å². The number of hydrogen-bond donors (Lipinski definition) is 1. The molecule has 0 heterocycles. The Hall–Kier alpha value is -1.32. The van der Waals surface area contributed by atoms with Gasteiger partial charge in [0.2, 0.25) is 5.91 Å². The van der Waals surface area contributed by atoms with Crippen molar-refractivity contribution >= 4 is 11.9 Å². The monoisotopic (exact) mass is 211 g/mol.